The van der Waals surface area contributed by atoms with Crippen LogP contribution in [-0.4, -0.2) is 47.8 Å². The summed E-state index contributed by atoms with van der Waals surface area (Å²) in [5.41, 5.74) is 6.88. The van der Waals surface area contributed by atoms with Crippen LogP contribution in [0.1, 0.15) is 31.2 Å². The van der Waals surface area contributed by atoms with Crippen molar-refractivity contribution in [2.75, 3.05) is 26.2 Å². The normalized spacial score (nSPS) is 19.3. The number of nitrogens with zero attached hydrogens (tertiary/aromatic N) is 3. The van der Waals surface area contributed by atoms with Crippen molar-refractivity contribution in [2.24, 2.45) is 17.6 Å². The molecule has 2 heterocycles. The number of nitrogens with two attached hydrogens (primary N) is 1. The molecule has 1 aromatic carbocycles. The topological polar surface area (TPSA) is 90.4 Å². The molecule has 2 saturated heterocycles. The van der Waals surface area contributed by atoms with E-state index in [4.69, 9.17) is 5.73 Å². The van der Waals surface area contributed by atoms with E-state index < -0.39 is 0 Å². The number of amides is 2. The number of benzene rings is 1. The highest BCUT2D eigenvalue weighted by molar-refractivity contribution is 5.97. The average molecular weight is 380 g/mol. The summed E-state index contributed by atoms with van der Waals surface area (Å²) in [7, 11) is 0. The number of hydrogen-bond donors (Lipinski definition) is 1. The van der Waals surface area contributed by atoms with Crippen molar-refractivity contribution >= 4 is 11.8 Å². The van der Waals surface area contributed by atoms with Gasteiger partial charge in [-0.05, 0) is 43.6 Å². The van der Waals surface area contributed by atoms with Crippen molar-refractivity contribution in [3.63, 3.8) is 0 Å². The summed E-state index contributed by atoms with van der Waals surface area (Å²) in [6.07, 6.45) is 5.97. The van der Waals surface area contributed by atoms with Gasteiger partial charge in [0, 0.05) is 38.3 Å². The van der Waals surface area contributed by atoms with Gasteiger partial charge in [0.05, 0.1) is 0 Å². The van der Waals surface area contributed by atoms with Crippen LogP contribution in [0, 0.1) is 23.2 Å². The van der Waals surface area contributed by atoms with Crippen LogP contribution in [0.25, 0.3) is 0 Å². The monoisotopic (exact) mass is 380 g/mol. The molecule has 1 aromatic rings. The average Bonchev–Trinajstić information content (AvgIpc) is 2.73. The lowest BCUT2D eigenvalue weighted by Gasteiger charge is -2.33. The van der Waals surface area contributed by atoms with Gasteiger partial charge >= 0.3 is 0 Å². The van der Waals surface area contributed by atoms with Gasteiger partial charge in [0.1, 0.15) is 11.6 Å². The quantitative estimate of drug-likeness (QED) is 0.625. The molecule has 0 unspecified atom stereocenters. The van der Waals surface area contributed by atoms with E-state index in [0.717, 1.165) is 19.3 Å². The lowest BCUT2D eigenvalue weighted by atomic mass is 9.90. The summed E-state index contributed by atoms with van der Waals surface area (Å²) >= 11 is 0. The minimum atomic E-state index is -0.265. The summed E-state index contributed by atoms with van der Waals surface area (Å²) < 4.78 is 0. The van der Waals surface area contributed by atoms with E-state index in [0.29, 0.717) is 44.9 Å². The lowest BCUT2D eigenvalue weighted by Crippen LogP contribution is -2.40. The Balaban J connectivity index is 1.52. The first kappa shape index (κ1) is 19.9. The molecular formula is C22H28N4O2. The Bertz CT molecular complexity index is 752. The first-order chi connectivity index (χ1) is 13.6. The summed E-state index contributed by atoms with van der Waals surface area (Å²) in [6.45, 7) is 2.68. The van der Waals surface area contributed by atoms with Crippen molar-refractivity contribution in [1.29, 1.82) is 5.26 Å². The number of primary amides is 1. The Morgan fingerprint density at radius 3 is 2.29 bits per heavy atom. The zero-order valence-corrected chi connectivity index (χ0v) is 16.2. The smallest absolute Gasteiger partial charge is 0.266 e. The van der Waals surface area contributed by atoms with Gasteiger partial charge < -0.3 is 15.5 Å². The number of hydrogen-bond acceptors (Lipinski definition) is 4. The van der Waals surface area contributed by atoms with E-state index >= 15 is 0 Å². The molecule has 0 radical (unpaired) electrons. The summed E-state index contributed by atoms with van der Waals surface area (Å²) in [4.78, 5) is 27.8. The molecule has 2 aliphatic heterocycles. The van der Waals surface area contributed by atoms with Crippen molar-refractivity contribution in [3.05, 3.63) is 47.7 Å². The predicted octanol–water partition coefficient (Wildman–Crippen LogP) is 2.07. The molecule has 0 aliphatic carbocycles. The summed E-state index contributed by atoms with van der Waals surface area (Å²) in [6, 6.07) is 12.5. The number of nitriles is 1. The molecule has 3 rings (SSSR count). The van der Waals surface area contributed by atoms with Crippen molar-refractivity contribution in [3.8, 4) is 6.07 Å². The fourth-order valence-electron chi connectivity index (χ4n) is 4.09. The molecule has 6 heteroatoms. The van der Waals surface area contributed by atoms with E-state index in [1.54, 1.807) is 11.1 Å². The second-order valence-corrected chi connectivity index (χ2v) is 7.79. The van der Waals surface area contributed by atoms with Crippen LogP contribution < -0.4 is 5.73 Å². The van der Waals surface area contributed by atoms with Crippen LogP contribution in [0.4, 0.5) is 0 Å². The van der Waals surface area contributed by atoms with Crippen LogP contribution in [0.5, 0.6) is 0 Å². The Labute approximate surface area is 166 Å². The number of carbonyl (C=O) groups excluding carboxylic acids is 2. The van der Waals surface area contributed by atoms with Gasteiger partial charge in [-0.1, -0.05) is 30.3 Å². The molecule has 0 bridgehead atoms. The van der Waals surface area contributed by atoms with Gasteiger partial charge in [0.25, 0.3) is 5.91 Å². The largest absolute Gasteiger partial charge is 0.376 e. The molecule has 0 saturated carbocycles. The van der Waals surface area contributed by atoms with E-state index in [-0.39, 0.29) is 23.3 Å². The van der Waals surface area contributed by atoms with Crippen molar-refractivity contribution in [1.82, 2.24) is 9.80 Å². The molecule has 148 valence electrons. The standard InChI is InChI=1S/C22H28N4O2/c23-15-20(16-25-10-8-19(9-11-25)21(24)27)22(28)26-12-6-18(7-13-26)14-17-4-2-1-3-5-17/h1-5,16,18-19H,6-14H2,(H2,24,27)/b20-16-. The van der Waals surface area contributed by atoms with Crippen molar-refractivity contribution in [2.45, 2.75) is 32.1 Å². The minimum absolute atomic E-state index is 0.102. The highest BCUT2D eigenvalue weighted by Gasteiger charge is 2.27. The van der Waals surface area contributed by atoms with Crippen LogP contribution in [-0.2, 0) is 16.0 Å². The van der Waals surface area contributed by atoms with Gasteiger partial charge in [-0.2, -0.15) is 5.26 Å². The SMILES string of the molecule is N#C/C(=C/N1CCC(C(N)=O)CC1)C(=O)N1CCC(Cc2ccccc2)CC1. The molecule has 2 amide bonds. The van der Waals surface area contributed by atoms with Crippen LogP contribution in [0.15, 0.2) is 42.1 Å². The van der Waals surface area contributed by atoms with Gasteiger partial charge in [-0.25, -0.2) is 0 Å². The first-order valence-corrected chi connectivity index (χ1v) is 10.1. The Morgan fingerprint density at radius 1 is 1.07 bits per heavy atom. The van der Waals surface area contributed by atoms with Crippen molar-refractivity contribution < 1.29 is 9.59 Å². The van der Waals surface area contributed by atoms with Gasteiger partial charge in [-0.15, -0.1) is 0 Å². The highest BCUT2D eigenvalue weighted by Crippen LogP contribution is 2.23. The zero-order valence-electron chi connectivity index (χ0n) is 16.2. The molecule has 2 aliphatic rings. The summed E-state index contributed by atoms with van der Waals surface area (Å²) in [5.74, 6) is 0.0274. The predicted molar refractivity (Wildman–Crippen MR) is 107 cm³/mol. The van der Waals surface area contributed by atoms with Crippen LogP contribution >= 0.6 is 0 Å². The van der Waals surface area contributed by atoms with E-state index in [1.165, 1.54) is 5.56 Å². The molecule has 2 N–H and O–H groups in total. The minimum Gasteiger partial charge on any atom is -0.376 e. The second-order valence-electron chi connectivity index (χ2n) is 7.79. The zero-order chi connectivity index (χ0) is 19.9. The number of likely N-dealkylation sites (tertiary alicyclic amines) is 2. The maximum absolute atomic E-state index is 12.8. The molecule has 2 fully saturated rings. The number of carbonyl (C=O) groups is 2. The maximum atomic E-state index is 12.8. The molecular weight excluding hydrogens is 352 g/mol. The highest BCUT2D eigenvalue weighted by atomic mass is 16.2. The third kappa shape index (κ3) is 5.13. The first-order valence-electron chi connectivity index (χ1n) is 10.1. The number of piperidine rings is 2. The van der Waals surface area contributed by atoms with Gasteiger partial charge in [0.2, 0.25) is 5.91 Å². The van der Waals surface area contributed by atoms with E-state index in [1.807, 2.05) is 11.0 Å². The molecule has 28 heavy (non-hydrogen) atoms. The summed E-state index contributed by atoms with van der Waals surface area (Å²) in [5, 5.41) is 9.48. The van der Waals surface area contributed by atoms with Gasteiger partial charge in [0.15, 0.2) is 0 Å². The van der Waals surface area contributed by atoms with Crippen LogP contribution in [0.2, 0.25) is 0 Å². The fourth-order valence-corrected chi connectivity index (χ4v) is 4.09. The molecule has 0 aromatic heterocycles. The van der Waals surface area contributed by atoms with E-state index in [2.05, 4.69) is 30.3 Å². The molecule has 6 nitrogen and oxygen atoms in total. The van der Waals surface area contributed by atoms with E-state index in [9.17, 15) is 14.9 Å². The molecule has 0 atom stereocenters. The molecule has 0 spiro atoms. The van der Waals surface area contributed by atoms with Gasteiger partial charge in [-0.3, -0.25) is 9.59 Å². The second kappa shape index (κ2) is 9.41. The maximum Gasteiger partial charge on any atom is 0.266 e. The Kier molecular flexibility index (Phi) is 6.70. The van der Waals surface area contributed by atoms with Crippen LogP contribution in [0.3, 0.4) is 0 Å². The lowest BCUT2D eigenvalue weighted by molar-refractivity contribution is -0.128. The Hall–Kier alpha value is -2.81. The third-order valence-electron chi connectivity index (χ3n) is 5.86. The number of rotatable bonds is 5. The Morgan fingerprint density at radius 2 is 1.71 bits per heavy atom. The fraction of sp³-hybridized carbons (Fsp3) is 0.500. The third-order valence-corrected chi connectivity index (χ3v) is 5.86.